The molecule has 0 saturated carbocycles. The van der Waals surface area contributed by atoms with Gasteiger partial charge in [0.2, 0.25) is 0 Å². The minimum absolute atomic E-state index is 0.177. The smallest absolute Gasteiger partial charge is 0.0132 e. The predicted molar refractivity (Wildman–Crippen MR) is 103 cm³/mol. The van der Waals surface area contributed by atoms with Crippen molar-refractivity contribution in [2.75, 3.05) is 0 Å². The topological polar surface area (TPSA) is 0 Å². The second-order valence-electron chi connectivity index (χ2n) is 8.76. The second kappa shape index (κ2) is 6.15. The molecule has 0 aliphatic carbocycles. The van der Waals surface area contributed by atoms with Crippen LogP contribution in [0.2, 0.25) is 0 Å². The Bertz CT molecular complexity index is 691. The Morgan fingerprint density at radius 3 is 1.65 bits per heavy atom. The average molecular weight is 309 g/mol. The van der Waals surface area contributed by atoms with E-state index >= 15 is 0 Å². The molecular formula is C23H32. The molecule has 0 aliphatic heterocycles. The van der Waals surface area contributed by atoms with Crippen molar-refractivity contribution in [2.24, 2.45) is 0 Å². The molecule has 0 aromatic heterocycles. The SMILES string of the molecule is CCc1ccc(C(C)(C)C)cc1-c1cc(C(C)(C)C)ccc1C. The molecule has 0 heterocycles. The molecule has 0 unspecified atom stereocenters. The van der Waals surface area contributed by atoms with Crippen molar-refractivity contribution in [3.63, 3.8) is 0 Å². The van der Waals surface area contributed by atoms with Crippen molar-refractivity contribution in [1.82, 2.24) is 0 Å². The Balaban J connectivity index is 2.70. The zero-order chi connectivity index (χ0) is 17.4. The molecule has 0 spiro atoms. The molecule has 2 aromatic rings. The lowest BCUT2D eigenvalue weighted by molar-refractivity contribution is 0.589. The van der Waals surface area contributed by atoms with Gasteiger partial charge in [-0.3, -0.25) is 0 Å². The van der Waals surface area contributed by atoms with Crippen LogP contribution in [-0.2, 0) is 17.3 Å². The Labute approximate surface area is 143 Å². The summed E-state index contributed by atoms with van der Waals surface area (Å²) in [5.41, 5.74) is 8.76. The second-order valence-corrected chi connectivity index (χ2v) is 8.76. The van der Waals surface area contributed by atoms with Crippen LogP contribution in [0.4, 0.5) is 0 Å². The molecule has 0 nitrogen and oxygen atoms in total. The first-order chi connectivity index (χ1) is 10.5. The molecule has 0 atom stereocenters. The third-order valence-electron chi connectivity index (χ3n) is 4.75. The van der Waals surface area contributed by atoms with Crippen molar-refractivity contribution >= 4 is 0 Å². The lowest BCUT2D eigenvalue weighted by Gasteiger charge is -2.24. The number of aryl methyl sites for hydroxylation is 2. The summed E-state index contributed by atoms with van der Waals surface area (Å²) in [5, 5.41) is 0. The van der Waals surface area contributed by atoms with Crippen molar-refractivity contribution in [2.45, 2.75) is 72.6 Å². The summed E-state index contributed by atoms with van der Waals surface area (Å²) in [6.45, 7) is 18.2. The lowest BCUT2D eigenvalue weighted by Crippen LogP contribution is -2.12. The van der Waals surface area contributed by atoms with Gasteiger partial charge in [0.15, 0.2) is 0 Å². The lowest BCUT2D eigenvalue weighted by atomic mass is 9.81. The van der Waals surface area contributed by atoms with Gasteiger partial charge < -0.3 is 0 Å². The van der Waals surface area contributed by atoms with Crippen LogP contribution in [0.5, 0.6) is 0 Å². The van der Waals surface area contributed by atoms with E-state index in [0.29, 0.717) is 0 Å². The minimum atomic E-state index is 0.177. The summed E-state index contributed by atoms with van der Waals surface area (Å²) >= 11 is 0. The zero-order valence-electron chi connectivity index (χ0n) is 16.2. The first kappa shape index (κ1) is 17.8. The Kier molecular flexibility index (Phi) is 4.76. The largest absolute Gasteiger partial charge is 0.0613 e. The zero-order valence-corrected chi connectivity index (χ0v) is 16.2. The van der Waals surface area contributed by atoms with Crippen LogP contribution in [0.15, 0.2) is 36.4 Å². The van der Waals surface area contributed by atoms with Crippen LogP contribution in [0.3, 0.4) is 0 Å². The van der Waals surface area contributed by atoms with Crippen LogP contribution in [0, 0.1) is 6.92 Å². The third kappa shape index (κ3) is 3.86. The van der Waals surface area contributed by atoms with Crippen LogP contribution in [0.1, 0.15) is 70.7 Å². The number of hydrogen-bond donors (Lipinski definition) is 0. The van der Waals surface area contributed by atoms with E-state index in [1.165, 1.54) is 33.4 Å². The highest BCUT2D eigenvalue weighted by molar-refractivity contribution is 5.72. The third-order valence-corrected chi connectivity index (χ3v) is 4.75. The van der Waals surface area contributed by atoms with Crippen LogP contribution in [0.25, 0.3) is 11.1 Å². The standard InChI is InChI=1S/C23H32/c1-9-17-11-13-19(23(6,7)8)15-21(17)20-14-18(22(3,4)5)12-10-16(20)2/h10-15H,9H2,1-8H3. The molecule has 2 rings (SSSR count). The fourth-order valence-electron chi connectivity index (χ4n) is 2.98. The van der Waals surface area contributed by atoms with Gasteiger partial charge >= 0.3 is 0 Å². The van der Waals surface area contributed by atoms with Gasteiger partial charge in [0, 0.05) is 0 Å². The Hall–Kier alpha value is -1.56. The maximum Gasteiger partial charge on any atom is -0.0132 e. The fraction of sp³-hybridized carbons (Fsp3) is 0.478. The molecule has 0 fully saturated rings. The van der Waals surface area contributed by atoms with E-state index < -0.39 is 0 Å². The summed E-state index contributed by atoms with van der Waals surface area (Å²) in [7, 11) is 0. The van der Waals surface area contributed by atoms with Crippen molar-refractivity contribution in [1.29, 1.82) is 0 Å². The monoisotopic (exact) mass is 308 g/mol. The van der Waals surface area contributed by atoms with Gasteiger partial charge in [-0.15, -0.1) is 0 Å². The van der Waals surface area contributed by atoms with Gasteiger partial charge in [-0.25, -0.2) is 0 Å². The van der Waals surface area contributed by atoms with E-state index in [0.717, 1.165) is 6.42 Å². The van der Waals surface area contributed by atoms with E-state index in [9.17, 15) is 0 Å². The molecule has 0 N–H and O–H groups in total. The predicted octanol–water partition coefficient (Wildman–Crippen LogP) is 6.82. The summed E-state index contributed by atoms with van der Waals surface area (Å²) in [6.07, 6.45) is 1.07. The highest BCUT2D eigenvalue weighted by Crippen LogP contribution is 2.35. The van der Waals surface area contributed by atoms with Gasteiger partial charge in [0.05, 0.1) is 0 Å². The van der Waals surface area contributed by atoms with Gasteiger partial charge in [0.1, 0.15) is 0 Å². The van der Waals surface area contributed by atoms with Crippen molar-refractivity contribution in [3.8, 4) is 11.1 Å². The van der Waals surface area contributed by atoms with Gasteiger partial charge in [-0.05, 0) is 57.6 Å². The van der Waals surface area contributed by atoms with E-state index in [4.69, 9.17) is 0 Å². The average Bonchev–Trinajstić information content (AvgIpc) is 2.45. The molecule has 23 heavy (non-hydrogen) atoms. The normalized spacial score (nSPS) is 12.5. The molecule has 0 bridgehead atoms. The van der Waals surface area contributed by atoms with Gasteiger partial charge in [-0.1, -0.05) is 84.9 Å². The van der Waals surface area contributed by atoms with Crippen molar-refractivity contribution in [3.05, 3.63) is 58.7 Å². The van der Waals surface area contributed by atoms with Crippen molar-refractivity contribution < 1.29 is 0 Å². The highest BCUT2D eigenvalue weighted by atomic mass is 14.2. The molecule has 124 valence electrons. The summed E-state index contributed by atoms with van der Waals surface area (Å²) < 4.78 is 0. The molecular weight excluding hydrogens is 276 g/mol. The maximum atomic E-state index is 2.41. The fourth-order valence-corrected chi connectivity index (χ4v) is 2.98. The maximum absolute atomic E-state index is 2.41. The summed E-state index contributed by atoms with van der Waals surface area (Å²) in [5.74, 6) is 0. The minimum Gasteiger partial charge on any atom is -0.0613 e. The number of benzene rings is 2. The van der Waals surface area contributed by atoms with Crippen LogP contribution >= 0.6 is 0 Å². The highest BCUT2D eigenvalue weighted by Gasteiger charge is 2.19. The Morgan fingerprint density at radius 1 is 0.696 bits per heavy atom. The van der Waals surface area contributed by atoms with Gasteiger partial charge in [-0.2, -0.15) is 0 Å². The number of rotatable bonds is 2. The van der Waals surface area contributed by atoms with E-state index in [-0.39, 0.29) is 10.8 Å². The number of hydrogen-bond acceptors (Lipinski definition) is 0. The molecule has 0 aliphatic rings. The molecule has 0 amide bonds. The Morgan fingerprint density at radius 2 is 1.17 bits per heavy atom. The first-order valence-corrected chi connectivity index (χ1v) is 8.79. The molecule has 0 radical (unpaired) electrons. The molecule has 0 heteroatoms. The van der Waals surface area contributed by atoms with Gasteiger partial charge in [0.25, 0.3) is 0 Å². The van der Waals surface area contributed by atoms with E-state index in [1.54, 1.807) is 0 Å². The van der Waals surface area contributed by atoms with Crippen LogP contribution in [-0.4, -0.2) is 0 Å². The van der Waals surface area contributed by atoms with E-state index in [2.05, 4.69) is 91.8 Å². The molecule has 2 aromatic carbocycles. The molecule has 0 saturated heterocycles. The quantitative estimate of drug-likeness (QED) is 0.571. The van der Waals surface area contributed by atoms with Crippen LogP contribution < -0.4 is 0 Å². The first-order valence-electron chi connectivity index (χ1n) is 8.79. The summed E-state index contributed by atoms with van der Waals surface area (Å²) in [4.78, 5) is 0. The summed E-state index contributed by atoms with van der Waals surface area (Å²) in [6, 6.07) is 14.0. The van der Waals surface area contributed by atoms with E-state index in [1.807, 2.05) is 0 Å².